The third kappa shape index (κ3) is 7.42. The van der Waals surface area contributed by atoms with Crippen LogP contribution in [0, 0.1) is 12.3 Å². The molecular formula is C19H26N6O5S. The molecule has 0 atom stereocenters. The van der Waals surface area contributed by atoms with Gasteiger partial charge in [-0.25, -0.2) is 13.9 Å². The van der Waals surface area contributed by atoms with Crippen LogP contribution in [0.4, 0.5) is 5.69 Å². The number of nitrogens with one attached hydrogen (secondary N) is 3. The van der Waals surface area contributed by atoms with Gasteiger partial charge in [-0.1, -0.05) is 30.3 Å². The van der Waals surface area contributed by atoms with E-state index in [4.69, 9.17) is 21.7 Å². The molecular weight excluding hydrogens is 424 g/mol. The van der Waals surface area contributed by atoms with E-state index in [1.165, 1.54) is 4.57 Å². The summed E-state index contributed by atoms with van der Waals surface area (Å²) in [6, 6.07) is 10.1. The Morgan fingerprint density at radius 3 is 2.52 bits per heavy atom. The Kier molecular flexibility index (Phi) is 8.16. The van der Waals surface area contributed by atoms with Crippen LogP contribution < -0.4 is 27.2 Å². The highest BCUT2D eigenvalue weighted by atomic mass is 32.2. The number of benzene rings is 1. The van der Waals surface area contributed by atoms with Crippen molar-refractivity contribution in [1.29, 1.82) is 5.41 Å². The number of nitrogens with two attached hydrogens (primary N) is 2. The maximum absolute atomic E-state index is 13.1. The summed E-state index contributed by atoms with van der Waals surface area (Å²) in [5, 5.41) is 7.02. The topological polar surface area (TPSA) is 182 Å². The van der Waals surface area contributed by atoms with Gasteiger partial charge in [0.05, 0.1) is 18.8 Å². The highest BCUT2D eigenvalue weighted by molar-refractivity contribution is 7.91. The third-order valence-corrected chi connectivity index (χ3v) is 5.45. The molecule has 31 heavy (non-hydrogen) atoms. The summed E-state index contributed by atoms with van der Waals surface area (Å²) in [4.78, 5) is 29.5. The predicted molar refractivity (Wildman–Crippen MR) is 117 cm³/mol. The molecule has 0 saturated carbocycles. The summed E-state index contributed by atoms with van der Waals surface area (Å²) in [6.45, 7) is 2.04. The first-order valence-corrected chi connectivity index (χ1v) is 11.0. The summed E-state index contributed by atoms with van der Waals surface area (Å²) >= 11 is 0. The number of anilines is 1. The van der Waals surface area contributed by atoms with Gasteiger partial charge < -0.3 is 16.0 Å². The maximum atomic E-state index is 13.1. The first-order valence-electron chi connectivity index (χ1n) is 9.37. The SMILES string of the molecule is Cc1cc(CC(N)=O)c(NS(=O)(=O)Cc2ccccc2)c(=O)n1CCCONC(=N)N. The molecule has 0 aliphatic carbocycles. The number of aromatic nitrogens is 1. The van der Waals surface area contributed by atoms with Crippen LogP contribution in [-0.4, -0.2) is 31.5 Å². The molecule has 0 radical (unpaired) electrons. The van der Waals surface area contributed by atoms with Crippen molar-refractivity contribution in [2.75, 3.05) is 11.3 Å². The van der Waals surface area contributed by atoms with Crippen LogP contribution in [0.5, 0.6) is 0 Å². The van der Waals surface area contributed by atoms with Gasteiger partial charge >= 0.3 is 0 Å². The number of pyridine rings is 1. The van der Waals surface area contributed by atoms with E-state index in [9.17, 15) is 18.0 Å². The molecule has 1 amide bonds. The molecule has 0 aliphatic rings. The van der Waals surface area contributed by atoms with Gasteiger partial charge in [0, 0.05) is 12.2 Å². The van der Waals surface area contributed by atoms with Gasteiger partial charge in [0.1, 0.15) is 5.69 Å². The fraction of sp³-hybridized carbons (Fsp3) is 0.316. The second-order valence-corrected chi connectivity index (χ2v) is 8.57. The predicted octanol–water partition coefficient (Wildman–Crippen LogP) is -0.0688. The molecule has 0 saturated heterocycles. The first kappa shape index (κ1) is 23.9. The fourth-order valence-electron chi connectivity index (χ4n) is 2.96. The number of primary amides is 1. The molecule has 1 aromatic heterocycles. The van der Waals surface area contributed by atoms with E-state index in [1.807, 2.05) is 0 Å². The number of hydrogen-bond donors (Lipinski definition) is 5. The molecule has 11 nitrogen and oxygen atoms in total. The summed E-state index contributed by atoms with van der Waals surface area (Å²) < 4.78 is 29.1. The normalized spacial score (nSPS) is 11.1. The molecule has 168 valence electrons. The van der Waals surface area contributed by atoms with Crippen molar-refractivity contribution in [3.05, 3.63) is 63.6 Å². The van der Waals surface area contributed by atoms with Crippen molar-refractivity contribution in [3.63, 3.8) is 0 Å². The van der Waals surface area contributed by atoms with Gasteiger partial charge in [0.2, 0.25) is 21.9 Å². The van der Waals surface area contributed by atoms with Gasteiger partial charge in [0.15, 0.2) is 0 Å². The summed E-state index contributed by atoms with van der Waals surface area (Å²) in [6.07, 6.45) is 0.0954. The van der Waals surface area contributed by atoms with Crippen molar-refractivity contribution >= 4 is 27.6 Å². The number of guanidine groups is 1. The van der Waals surface area contributed by atoms with Crippen molar-refractivity contribution in [2.24, 2.45) is 11.5 Å². The molecule has 2 aromatic rings. The van der Waals surface area contributed by atoms with Crippen LogP contribution in [0.1, 0.15) is 23.2 Å². The number of hydroxylamine groups is 1. The van der Waals surface area contributed by atoms with Crippen molar-refractivity contribution in [2.45, 2.75) is 32.1 Å². The average molecular weight is 451 g/mol. The molecule has 2 rings (SSSR count). The Labute approximate surface area is 179 Å². The van der Waals surface area contributed by atoms with Crippen LogP contribution in [0.25, 0.3) is 0 Å². The smallest absolute Gasteiger partial charge is 0.275 e. The van der Waals surface area contributed by atoms with Gasteiger partial charge in [-0.05, 0) is 30.5 Å². The molecule has 1 aromatic carbocycles. The summed E-state index contributed by atoms with van der Waals surface area (Å²) in [7, 11) is -3.92. The van der Waals surface area contributed by atoms with Gasteiger partial charge in [-0.2, -0.15) is 0 Å². The van der Waals surface area contributed by atoms with E-state index in [1.54, 1.807) is 43.3 Å². The minimum absolute atomic E-state index is 0.156. The number of aryl methyl sites for hydroxylation is 1. The molecule has 12 heteroatoms. The Balaban J connectivity index is 2.30. The number of hydrogen-bond acceptors (Lipinski definition) is 6. The van der Waals surface area contributed by atoms with Crippen molar-refractivity contribution in [3.8, 4) is 0 Å². The summed E-state index contributed by atoms with van der Waals surface area (Å²) in [5.74, 6) is -1.37. The molecule has 1 heterocycles. The van der Waals surface area contributed by atoms with E-state index >= 15 is 0 Å². The van der Waals surface area contributed by atoms with Crippen LogP contribution in [0.2, 0.25) is 0 Å². The molecule has 0 spiro atoms. The lowest BCUT2D eigenvalue weighted by Gasteiger charge is -2.17. The highest BCUT2D eigenvalue weighted by Crippen LogP contribution is 2.17. The minimum atomic E-state index is -3.92. The Bertz CT molecular complexity index is 1100. The first-order chi connectivity index (χ1) is 14.6. The van der Waals surface area contributed by atoms with E-state index < -0.39 is 21.5 Å². The second-order valence-electron chi connectivity index (χ2n) is 6.85. The zero-order valence-electron chi connectivity index (χ0n) is 17.1. The number of carbonyl (C=O) groups is 1. The second kappa shape index (κ2) is 10.6. The number of amides is 1. The van der Waals surface area contributed by atoms with Gasteiger partial charge in [-0.3, -0.25) is 24.6 Å². The van der Waals surface area contributed by atoms with Gasteiger partial charge in [0.25, 0.3) is 5.56 Å². The number of sulfonamides is 1. The number of nitrogens with zero attached hydrogens (tertiary/aromatic N) is 1. The van der Waals surface area contributed by atoms with Crippen LogP contribution >= 0.6 is 0 Å². The molecule has 7 N–H and O–H groups in total. The van der Waals surface area contributed by atoms with Crippen LogP contribution in [0.15, 0.2) is 41.2 Å². The van der Waals surface area contributed by atoms with Crippen LogP contribution in [0.3, 0.4) is 0 Å². The molecule has 0 fully saturated rings. The average Bonchev–Trinajstić information content (AvgIpc) is 2.66. The zero-order chi connectivity index (χ0) is 23.0. The van der Waals surface area contributed by atoms with Crippen molar-refractivity contribution < 1.29 is 18.0 Å². The monoisotopic (exact) mass is 450 g/mol. The Morgan fingerprint density at radius 1 is 1.23 bits per heavy atom. The lowest BCUT2D eigenvalue weighted by molar-refractivity contribution is -0.117. The standard InChI is InChI=1S/C19H26N6O5S/c1-13-10-15(11-16(20)26)17(18(27)25(13)8-5-9-30-23-19(21)22)24-31(28,29)12-14-6-3-2-4-7-14/h2-4,6-7,10,24H,5,8-9,11-12H2,1H3,(H2,20,26)(H4,21,22,23). The van der Waals surface area contributed by atoms with Crippen LogP contribution in [-0.2, 0) is 38.4 Å². The van der Waals surface area contributed by atoms with E-state index in [-0.39, 0.29) is 42.5 Å². The van der Waals surface area contributed by atoms with E-state index in [0.717, 1.165) is 0 Å². The molecule has 0 unspecified atom stereocenters. The molecule has 0 aliphatic heterocycles. The number of carbonyl (C=O) groups excluding carboxylic acids is 1. The maximum Gasteiger partial charge on any atom is 0.275 e. The lowest BCUT2D eigenvalue weighted by atomic mass is 10.1. The number of rotatable bonds is 11. The third-order valence-electron chi connectivity index (χ3n) is 4.22. The largest absolute Gasteiger partial charge is 0.369 e. The molecule has 0 bridgehead atoms. The van der Waals surface area contributed by atoms with Gasteiger partial charge in [-0.15, -0.1) is 0 Å². The quantitative estimate of drug-likeness (QED) is 0.137. The lowest BCUT2D eigenvalue weighted by Crippen LogP contribution is -2.32. The Hall–Kier alpha value is -3.38. The van der Waals surface area contributed by atoms with E-state index in [2.05, 4.69) is 10.2 Å². The van der Waals surface area contributed by atoms with Crippen molar-refractivity contribution in [1.82, 2.24) is 10.0 Å². The summed E-state index contributed by atoms with van der Waals surface area (Å²) in [5.41, 5.74) is 13.1. The Morgan fingerprint density at radius 2 is 1.90 bits per heavy atom. The fourth-order valence-corrected chi connectivity index (χ4v) is 4.19. The minimum Gasteiger partial charge on any atom is -0.369 e. The van der Waals surface area contributed by atoms with E-state index in [0.29, 0.717) is 17.7 Å². The highest BCUT2D eigenvalue weighted by Gasteiger charge is 2.20. The zero-order valence-corrected chi connectivity index (χ0v) is 17.9.